The summed E-state index contributed by atoms with van der Waals surface area (Å²) in [5.41, 5.74) is 13.0. The van der Waals surface area contributed by atoms with Gasteiger partial charge in [0.25, 0.3) is 0 Å². The third-order valence-electron chi connectivity index (χ3n) is 2.81. The van der Waals surface area contributed by atoms with Crippen molar-refractivity contribution in [1.82, 2.24) is 0 Å². The van der Waals surface area contributed by atoms with Gasteiger partial charge in [-0.25, -0.2) is 8.78 Å². The lowest BCUT2D eigenvalue weighted by molar-refractivity contribution is 0.629. The van der Waals surface area contributed by atoms with Crippen molar-refractivity contribution in [2.75, 3.05) is 11.5 Å². The van der Waals surface area contributed by atoms with Crippen LogP contribution in [0.4, 0.5) is 20.2 Å². The van der Waals surface area contributed by atoms with Crippen molar-refractivity contribution >= 4 is 33.0 Å². The lowest BCUT2D eigenvalue weighted by atomic mass is 10.2. The number of halogens is 2. The molecule has 0 fully saturated rings. The van der Waals surface area contributed by atoms with Gasteiger partial charge in [-0.05, 0) is 49.2 Å². The molecule has 0 spiro atoms. The highest BCUT2D eigenvalue weighted by Crippen LogP contribution is 2.42. The number of benzene rings is 2. The van der Waals surface area contributed by atoms with Crippen molar-refractivity contribution in [2.24, 2.45) is 0 Å². The Morgan fingerprint density at radius 1 is 0.750 bits per heavy atom. The van der Waals surface area contributed by atoms with Crippen LogP contribution in [-0.4, -0.2) is 0 Å². The van der Waals surface area contributed by atoms with E-state index < -0.39 is 11.6 Å². The van der Waals surface area contributed by atoms with Crippen molar-refractivity contribution in [1.29, 1.82) is 0 Å². The molecule has 0 amide bonds. The summed E-state index contributed by atoms with van der Waals surface area (Å²) in [6, 6.07) is 6.02. The van der Waals surface area contributed by atoms with Gasteiger partial charge in [-0.1, -0.05) is 21.6 Å². The second-order valence-electron chi connectivity index (χ2n) is 4.45. The van der Waals surface area contributed by atoms with Crippen LogP contribution in [0.1, 0.15) is 11.1 Å². The molecule has 0 aliphatic heterocycles. The summed E-state index contributed by atoms with van der Waals surface area (Å²) in [5.74, 6) is -0.835. The minimum Gasteiger partial charge on any atom is -0.396 e. The molecule has 0 unspecified atom stereocenters. The van der Waals surface area contributed by atoms with Gasteiger partial charge in [0.15, 0.2) is 0 Å². The van der Waals surface area contributed by atoms with Gasteiger partial charge >= 0.3 is 0 Å². The van der Waals surface area contributed by atoms with Gasteiger partial charge in [-0.2, -0.15) is 0 Å². The molecule has 0 saturated carbocycles. The monoisotopic (exact) mass is 312 g/mol. The first kappa shape index (κ1) is 15.0. The first-order valence-corrected chi connectivity index (χ1v) is 7.99. The molecular weight excluding hydrogens is 298 g/mol. The number of nitrogens with two attached hydrogens (primary N) is 2. The number of hydrogen-bond donors (Lipinski definition) is 2. The Hall–Kier alpha value is -1.40. The van der Waals surface area contributed by atoms with Crippen LogP contribution in [0.3, 0.4) is 0 Å². The number of nitrogen functional groups attached to an aromatic ring is 2. The molecule has 0 aliphatic carbocycles. The van der Waals surface area contributed by atoms with Gasteiger partial charge in [0.05, 0.1) is 11.4 Å². The number of anilines is 2. The van der Waals surface area contributed by atoms with Gasteiger partial charge in [0.1, 0.15) is 11.6 Å². The Morgan fingerprint density at radius 2 is 1.10 bits per heavy atom. The maximum Gasteiger partial charge on any atom is 0.146 e. The zero-order chi connectivity index (χ0) is 14.9. The zero-order valence-corrected chi connectivity index (χ0v) is 12.7. The van der Waals surface area contributed by atoms with E-state index in [-0.39, 0.29) is 11.4 Å². The number of aryl methyl sites for hydroxylation is 2. The minimum atomic E-state index is -0.418. The number of rotatable bonds is 3. The van der Waals surface area contributed by atoms with E-state index in [1.807, 2.05) is 13.8 Å². The highest BCUT2D eigenvalue weighted by molar-refractivity contribution is 8.76. The van der Waals surface area contributed by atoms with E-state index in [4.69, 9.17) is 11.5 Å². The molecule has 4 N–H and O–H groups in total. The Labute approximate surface area is 124 Å². The van der Waals surface area contributed by atoms with Gasteiger partial charge in [0, 0.05) is 9.79 Å². The Bertz CT molecular complexity index is 603. The summed E-state index contributed by atoms with van der Waals surface area (Å²) < 4.78 is 26.6. The molecule has 2 aromatic rings. The average molecular weight is 312 g/mol. The van der Waals surface area contributed by atoms with Crippen LogP contribution < -0.4 is 11.5 Å². The summed E-state index contributed by atoms with van der Waals surface area (Å²) in [7, 11) is 2.89. The van der Waals surface area contributed by atoms with E-state index in [0.717, 1.165) is 20.9 Å². The second kappa shape index (κ2) is 5.93. The molecule has 0 bridgehead atoms. The van der Waals surface area contributed by atoms with E-state index in [9.17, 15) is 8.78 Å². The minimum absolute atomic E-state index is 0.119. The van der Waals surface area contributed by atoms with Crippen molar-refractivity contribution in [2.45, 2.75) is 23.6 Å². The van der Waals surface area contributed by atoms with Crippen LogP contribution in [0.5, 0.6) is 0 Å². The van der Waals surface area contributed by atoms with Crippen molar-refractivity contribution in [3.8, 4) is 0 Å². The summed E-state index contributed by atoms with van der Waals surface area (Å²) in [6.07, 6.45) is 0. The zero-order valence-electron chi connectivity index (χ0n) is 11.0. The van der Waals surface area contributed by atoms with Crippen LogP contribution in [0.2, 0.25) is 0 Å². The van der Waals surface area contributed by atoms with Crippen LogP contribution in [-0.2, 0) is 0 Å². The number of hydrogen-bond acceptors (Lipinski definition) is 4. The Balaban J connectivity index is 2.21. The van der Waals surface area contributed by atoms with Gasteiger partial charge < -0.3 is 11.5 Å². The van der Waals surface area contributed by atoms with E-state index in [0.29, 0.717) is 0 Å². The second-order valence-corrected chi connectivity index (χ2v) is 6.66. The molecule has 2 rings (SSSR count). The summed E-state index contributed by atoms with van der Waals surface area (Å²) >= 11 is 0. The predicted molar refractivity (Wildman–Crippen MR) is 82.8 cm³/mol. The van der Waals surface area contributed by atoms with Crippen LogP contribution in [0.15, 0.2) is 34.1 Å². The molecule has 0 atom stereocenters. The molecule has 0 heterocycles. The fourth-order valence-electron chi connectivity index (χ4n) is 1.61. The molecule has 6 heteroatoms. The van der Waals surface area contributed by atoms with Crippen molar-refractivity contribution < 1.29 is 8.78 Å². The molecule has 0 aliphatic rings. The maximum absolute atomic E-state index is 13.3. The summed E-state index contributed by atoms with van der Waals surface area (Å²) in [5, 5.41) is 0. The van der Waals surface area contributed by atoms with Crippen LogP contribution >= 0.6 is 21.6 Å². The maximum atomic E-state index is 13.3. The van der Waals surface area contributed by atoms with Crippen LogP contribution in [0.25, 0.3) is 0 Å². The van der Waals surface area contributed by atoms with Gasteiger partial charge in [0.2, 0.25) is 0 Å². The topological polar surface area (TPSA) is 52.0 Å². The molecule has 20 heavy (non-hydrogen) atoms. The smallest absolute Gasteiger partial charge is 0.146 e. The largest absolute Gasteiger partial charge is 0.396 e. The average Bonchev–Trinajstić information content (AvgIpc) is 2.37. The SMILES string of the molecule is Cc1cc(F)c(N)cc1SSc1cc(N)c(F)cc1C. The fraction of sp³-hybridized carbons (Fsp3) is 0.143. The van der Waals surface area contributed by atoms with E-state index >= 15 is 0 Å². The molecule has 2 aromatic carbocycles. The third kappa shape index (κ3) is 3.19. The normalized spacial score (nSPS) is 10.8. The van der Waals surface area contributed by atoms with E-state index in [2.05, 4.69) is 0 Å². The molecule has 0 aromatic heterocycles. The summed E-state index contributed by atoms with van der Waals surface area (Å²) in [6.45, 7) is 3.63. The molecule has 0 saturated heterocycles. The quantitative estimate of drug-likeness (QED) is 0.645. The molecule has 0 radical (unpaired) electrons. The Morgan fingerprint density at radius 3 is 1.45 bits per heavy atom. The van der Waals surface area contributed by atoms with Crippen LogP contribution in [0, 0.1) is 25.5 Å². The first-order chi connectivity index (χ1) is 9.38. The predicted octanol–water partition coefficient (Wildman–Crippen LogP) is 4.55. The van der Waals surface area contributed by atoms with Crippen molar-refractivity contribution in [3.05, 3.63) is 47.0 Å². The molecule has 106 valence electrons. The molecule has 2 nitrogen and oxygen atoms in total. The lowest BCUT2D eigenvalue weighted by Gasteiger charge is -2.09. The van der Waals surface area contributed by atoms with E-state index in [1.165, 1.54) is 33.7 Å². The highest BCUT2D eigenvalue weighted by atomic mass is 33.1. The Kier molecular flexibility index (Phi) is 4.45. The van der Waals surface area contributed by atoms with Gasteiger partial charge in [-0.15, -0.1) is 0 Å². The fourth-order valence-corrected chi connectivity index (χ4v) is 4.13. The molecular formula is C14H14F2N2S2. The first-order valence-electron chi connectivity index (χ1n) is 5.84. The highest BCUT2D eigenvalue weighted by Gasteiger charge is 2.09. The standard InChI is InChI=1S/C14H14F2N2S2/c1-7-3-9(15)11(17)5-13(7)19-20-14-6-12(18)10(16)4-8(14)2/h3-6H,17-18H2,1-2H3. The lowest BCUT2D eigenvalue weighted by Crippen LogP contribution is -1.93. The van der Waals surface area contributed by atoms with E-state index in [1.54, 1.807) is 12.1 Å². The van der Waals surface area contributed by atoms with Gasteiger partial charge in [-0.3, -0.25) is 0 Å². The third-order valence-corrected chi connectivity index (χ3v) is 5.46. The van der Waals surface area contributed by atoms with Crippen molar-refractivity contribution in [3.63, 3.8) is 0 Å². The summed E-state index contributed by atoms with van der Waals surface area (Å²) in [4.78, 5) is 1.74.